The molecule has 0 fully saturated rings. The van der Waals surface area contributed by atoms with Gasteiger partial charge in [0.1, 0.15) is 6.54 Å². The zero-order valence-electron chi connectivity index (χ0n) is 16.5. The number of para-hydroxylation sites is 2. The van der Waals surface area contributed by atoms with Crippen LogP contribution in [0.2, 0.25) is 5.02 Å². The standard InChI is InChI=1S/C21H26ClN3O3S/c1-29(27,28)25(20-12-5-3-10-18(20)22)16-21(26)23-13-7-15-24-14-6-9-17-8-2-4-11-19(17)24/h2-5,8,10-12H,6-7,9,13-16H2,1H3,(H,23,26). The second-order valence-corrected chi connectivity index (χ2v) is 9.46. The Balaban J connectivity index is 1.52. The number of carbonyl (C=O) groups excluding carboxylic acids is 1. The van der Waals surface area contributed by atoms with Crippen molar-refractivity contribution in [3.63, 3.8) is 0 Å². The van der Waals surface area contributed by atoms with E-state index in [0.717, 1.165) is 42.9 Å². The van der Waals surface area contributed by atoms with Gasteiger partial charge >= 0.3 is 0 Å². The lowest BCUT2D eigenvalue weighted by Gasteiger charge is -2.31. The molecule has 0 spiro atoms. The van der Waals surface area contributed by atoms with Gasteiger partial charge in [0.05, 0.1) is 17.0 Å². The van der Waals surface area contributed by atoms with Crippen molar-refractivity contribution < 1.29 is 13.2 Å². The van der Waals surface area contributed by atoms with Gasteiger partial charge in [-0.05, 0) is 43.0 Å². The Bertz CT molecular complexity index is 965. The summed E-state index contributed by atoms with van der Waals surface area (Å²) in [5, 5.41) is 3.11. The number of amides is 1. The fourth-order valence-electron chi connectivity index (χ4n) is 3.56. The number of sulfonamides is 1. The predicted molar refractivity (Wildman–Crippen MR) is 118 cm³/mol. The Morgan fingerprint density at radius 1 is 1.17 bits per heavy atom. The van der Waals surface area contributed by atoms with Crippen LogP contribution in [0.5, 0.6) is 0 Å². The number of hydrogen-bond acceptors (Lipinski definition) is 4. The van der Waals surface area contributed by atoms with E-state index in [2.05, 4.69) is 28.4 Å². The topological polar surface area (TPSA) is 69.7 Å². The number of halogens is 1. The number of anilines is 2. The van der Waals surface area contributed by atoms with E-state index in [1.165, 1.54) is 11.3 Å². The van der Waals surface area contributed by atoms with Crippen LogP contribution in [0.15, 0.2) is 48.5 Å². The largest absolute Gasteiger partial charge is 0.371 e. The Hall–Kier alpha value is -2.25. The number of nitrogens with zero attached hydrogens (tertiary/aromatic N) is 2. The summed E-state index contributed by atoms with van der Waals surface area (Å²) in [5.74, 6) is -0.352. The van der Waals surface area contributed by atoms with E-state index < -0.39 is 10.0 Å². The summed E-state index contributed by atoms with van der Waals surface area (Å²) in [5.41, 5.74) is 2.94. The average molecular weight is 436 g/mol. The molecule has 0 saturated heterocycles. The highest BCUT2D eigenvalue weighted by Crippen LogP contribution is 2.27. The second-order valence-electron chi connectivity index (χ2n) is 7.14. The predicted octanol–water partition coefficient (Wildman–Crippen LogP) is 3.07. The second kappa shape index (κ2) is 9.50. The molecule has 2 aromatic carbocycles. The van der Waals surface area contributed by atoms with Crippen LogP contribution in [0.3, 0.4) is 0 Å². The summed E-state index contributed by atoms with van der Waals surface area (Å²) in [6, 6.07) is 15.0. The van der Waals surface area contributed by atoms with Gasteiger partial charge in [0.15, 0.2) is 0 Å². The summed E-state index contributed by atoms with van der Waals surface area (Å²) >= 11 is 6.12. The van der Waals surface area contributed by atoms with Crippen molar-refractivity contribution in [3.8, 4) is 0 Å². The van der Waals surface area contributed by atoms with E-state index in [1.54, 1.807) is 24.3 Å². The number of hydrogen-bond donors (Lipinski definition) is 1. The molecule has 1 heterocycles. The summed E-state index contributed by atoms with van der Waals surface area (Å²) in [6.45, 7) is 2.05. The molecule has 29 heavy (non-hydrogen) atoms. The minimum atomic E-state index is -3.64. The maximum atomic E-state index is 12.4. The Labute approximate surface area is 177 Å². The third kappa shape index (κ3) is 5.64. The van der Waals surface area contributed by atoms with Crippen LogP contribution in [-0.2, 0) is 21.2 Å². The molecule has 8 heteroatoms. The first-order valence-corrected chi connectivity index (χ1v) is 11.9. The van der Waals surface area contributed by atoms with E-state index >= 15 is 0 Å². The van der Waals surface area contributed by atoms with Crippen molar-refractivity contribution in [2.75, 3.05) is 41.6 Å². The molecular formula is C21H26ClN3O3S. The van der Waals surface area contributed by atoms with E-state index in [4.69, 9.17) is 11.6 Å². The molecule has 6 nitrogen and oxygen atoms in total. The monoisotopic (exact) mass is 435 g/mol. The molecule has 0 bridgehead atoms. The maximum absolute atomic E-state index is 12.4. The van der Waals surface area contributed by atoms with Crippen LogP contribution in [0.4, 0.5) is 11.4 Å². The normalized spacial score (nSPS) is 13.7. The van der Waals surface area contributed by atoms with Crippen LogP contribution in [0.25, 0.3) is 0 Å². The molecule has 156 valence electrons. The van der Waals surface area contributed by atoms with Crippen molar-refractivity contribution in [3.05, 3.63) is 59.1 Å². The lowest BCUT2D eigenvalue weighted by Crippen LogP contribution is -2.41. The SMILES string of the molecule is CS(=O)(=O)N(CC(=O)NCCCN1CCCc2ccccc21)c1ccccc1Cl. The molecule has 1 amide bonds. The van der Waals surface area contributed by atoms with Crippen molar-refractivity contribution >= 4 is 38.9 Å². The minimum Gasteiger partial charge on any atom is -0.371 e. The van der Waals surface area contributed by atoms with Gasteiger partial charge in [0.2, 0.25) is 15.9 Å². The third-order valence-corrected chi connectivity index (χ3v) is 6.39. The molecule has 2 aromatic rings. The molecule has 1 aliphatic rings. The molecule has 0 unspecified atom stereocenters. The summed E-state index contributed by atoms with van der Waals surface area (Å²) in [4.78, 5) is 14.7. The number of rotatable bonds is 8. The lowest BCUT2D eigenvalue weighted by atomic mass is 10.0. The van der Waals surface area contributed by atoms with Gasteiger partial charge in [-0.15, -0.1) is 0 Å². The van der Waals surface area contributed by atoms with Crippen LogP contribution in [-0.4, -0.2) is 46.8 Å². The fraction of sp³-hybridized carbons (Fsp3) is 0.381. The first-order valence-electron chi connectivity index (χ1n) is 9.68. The molecule has 0 aliphatic carbocycles. The van der Waals surface area contributed by atoms with E-state index in [1.807, 2.05) is 6.07 Å². The van der Waals surface area contributed by atoms with Gasteiger partial charge in [-0.3, -0.25) is 9.10 Å². The van der Waals surface area contributed by atoms with E-state index in [0.29, 0.717) is 12.2 Å². The molecule has 0 atom stereocenters. The van der Waals surface area contributed by atoms with Crippen molar-refractivity contribution in [1.82, 2.24) is 5.32 Å². The summed E-state index contributed by atoms with van der Waals surface area (Å²) < 4.78 is 25.3. The fourth-order valence-corrected chi connectivity index (χ4v) is 4.72. The van der Waals surface area contributed by atoms with E-state index in [9.17, 15) is 13.2 Å². The smallest absolute Gasteiger partial charge is 0.240 e. The first-order chi connectivity index (χ1) is 13.9. The van der Waals surface area contributed by atoms with Gasteiger partial charge in [0.25, 0.3) is 0 Å². The summed E-state index contributed by atoms with van der Waals surface area (Å²) in [7, 11) is -3.64. The first kappa shape index (κ1) is 21.5. The third-order valence-electron chi connectivity index (χ3n) is 4.94. The van der Waals surface area contributed by atoms with E-state index in [-0.39, 0.29) is 17.5 Å². The van der Waals surface area contributed by atoms with Gasteiger partial charge in [-0.25, -0.2) is 8.42 Å². The molecule has 0 aromatic heterocycles. The number of aryl methyl sites for hydroxylation is 1. The quantitative estimate of drug-likeness (QED) is 0.647. The molecular weight excluding hydrogens is 410 g/mol. The van der Waals surface area contributed by atoms with Gasteiger partial charge < -0.3 is 10.2 Å². The van der Waals surface area contributed by atoms with Crippen LogP contribution < -0.4 is 14.5 Å². The molecule has 1 aliphatic heterocycles. The highest BCUT2D eigenvalue weighted by Gasteiger charge is 2.22. The minimum absolute atomic E-state index is 0.287. The van der Waals surface area contributed by atoms with Crippen molar-refractivity contribution in [2.24, 2.45) is 0 Å². The van der Waals surface area contributed by atoms with Crippen LogP contribution in [0, 0.1) is 0 Å². The van der Waals surface area contributed by atoms with Crippen molar-refractivity contribution in [1.29, 1.82) is 0 Å². The number of fused-ring (bicyclic) bond motifs is 1. The zero-order valence-corrected chi connectivity index (χ0v) is 18.0. The Morgan fingerprint density at radius 3 is 2.66 bits per heavy atom. The zero-order chi connectivity index (χ0) is 20.9. The number of nitrogens with one attached hydrogen (secondary N) is 1. The molecule has 0 radical (unpaired) electrons. The average Bonchev–Trinajstić information content (AvgIpc) is 2.69. The highest BCUT2D eigenvalue weighted by molar-refractivity contribution is 7.92. The van der Waals surface area contributed by atoms with Crippen LogP contribution in [0.1, 0.15) is 18.4 Å². The lowest BCUT2D eigenvalue weighted by molar-refractivity contribution is -0.119. The molecule has 1 N–H and O–H groups in total. The van der Waals surface area contributed by atoms with Crippen molar-refractivity contribution in [2.45, 2.75) is 19.3 Å². The number of benzene rings is 2. The van der Waals surface area contributed by atoms with Gasteiger partial charge in [0, 0.05) is 25.3 Å². The van der Waals surface area contributed by atoms with Crippen LogP contribution >= 0.6 is 11.6 Å². The van der Waals surface area contributed by atoms with Gasteiger partial charge in [-0.2, -0.15) is 0 Å². The highest BCUT2D eigenvalue weighted by atomic mass is 35.5. The Morgan fingerprint density at radius 2 is 1.90 bits per heavy atom. The number of carbonyl (C=O) groups is 1. The molecule has 0 saturated carbocycles. The molecule has 3 rings (SSSR count). The van der Waals surface area contributed by atoms with Gasteiger partial charge in [-0.1, -0.05) is 41.9 Å². The summed E-state index contributed by atoms with van der Waals surface area (Å²) in [6.07, 6.45) is 4.08. The Kier molecular flexibility index (Phi) is 7.03. The maximum Gasteiger partial charge on any atom is 0.240 e.